The first-order valence-electron chi connectivity index (χ1n) is 7.57. The number of halogens is 1. The first kappa shape index (κ1) is 20.0. The molecule has 1 heterocycles. The second-order valence-corrected chi connectivity index (χ2v) is 6.73. The van der Waals surface area contributed by atoms with E-state index in [4.69, 9.17) is 0 Å². The predicted molar refractivity (Wildman–Crippen MR) is 99.1 cm³/mol. The van der Waals surface area contributed by atoms with Crippen molar-refractivity contribution >= 4 is 29.9 Å². The zero-order chi connectivity index (χ0) is 14.5. The summed E-state index contributed by atoms with van der Waals surface area (Å²) in [7, 11) is 1.83. The lowest BCUT2D eigenvalue weighted by Crippen LogP contribution is -2.56. The average molecular weight is 396 g/mol. The van der Waals surface area contributed by atoms with E-state index >= 15 is 0 Å². The van der Waals surface area contributed by atoms with Crippen LogP contribution in [-0.4, -0.2) is 49.1 Å². The van der Waals surface area contributed by atoms with Crippen LogP contribution in [0.25, 0.3) is 0 Å². The molecule has 1 fully saturated rings. The number of rotatable bonds is 4. The third-order valence-electron chi connectivity index (χ3n) is 3.85. The highest BCUT2D eigenvalue weighted by Gasteiger charge is 2.30. The van der Waals surface area contributed by atoms with Gasteiger partial charge in [-0.25, -0.2) is 0 Å². The fraction of sp³-hybridized carbons (Fsp3) is 0.933. The molecule has 0 aromatic rings. The minimum absolute atomic E-state index is 0. The molecule has 1 aliphatic heterocycles. The second-order valence-electron chi connectivity index (χ2n) is 6.73. The topological polar surface area (TPSA) is 39.7 Å². The van der Waals surface area contributed by atoms with Crippen molar-refractivity contribution in [3.8, 4) is 0 Å². The molecular weight excluding hydrogens is 363 g/mol. The van der Waals surface area contributed by atoms with E-state index in [1.807, 2.05) is 7.05 Å². The smallest absolute Gasteiger partial charge is 0.191 e. The quantitative estimate of drug-likeness (QED) is 0.436. The van der Waals surface area contributed by atoms with Crippen LogP contribution in [0.4, 0.5) is 0 Å². The van der Waals surface area contributed by atoms with Crippen molar-refractivity contribution in [2.24, 2.45) is 10.9 Å². The van der Waals surface area contributed by atoms with Gasteiger partial charge in [0.15, 0.2) is 5.96 Å². The van der Waals surface area contributed by atoms with Crippen molar-refractivity contribution in [1.82, 2.24) is 15.5 Å². The maximum absolute atomic E-state index is 4.27. The molecule has 1 atom stereocenters. The Labute approximate surface area is 142 Å². The highest BCUT2D eigenvalue weighted by atomic mass is 127. The summed E-state index contributed by atoms with van der Waals surface area (Å²) in [4.78, 5) is 6.88. The van der Waals surface area contributed by atoms with Crippen LogP contribution in [0.15, 0.2) is 4.99 Å². The van der Waals surface area contributed by atoms with E-state index in [1.165, 1.54) is 25.9 Å². The van der Waals surface area contributed by atoms with Crippen LogP contribution in [0.2, 0.25) is 0 Å². The average Bonchev–Trinajstić information content (AvgIpc) is 2.34. The first-order chi connectivity index (χ1) is 8.85. The van der Waals surface area contributed by atoms with E-state index in [1.54, 1.807) is 0 Å². The van der Waals surface area contributed by atoms with E-state index in [2.05, 4.69) is 55.1 Å². The number of hydrogen-bond donors (Lipinski definition) is 2. The molecule has 0 spiro atoms. The zero-order valence-electron chi connectivity index (χ0n) is 14.0. The summed E-state index contributed by atoms with van der Waals surface area (Å²) in [5.74, 6) is 1.72. The van der Waals surface area contributed by atoms with Crippen LogP contribution in [0, 0.1) is 5.92 Å². The molecule has 0 aromatic carbocycles. The maximum atomic E-state index is 4.27. The number of guanidine groups is 1. The SMILES string of the molecule is CN=C(NCC(C)(C)N1CCCC(C)C1)NC(C)C.I. The highest BCUT2D eigenvalue weighted by Crippen LogP contribution is 2.23. The molecule has 4 nitrogen and oxygen atoms in total. The van der Waals surface area contributed by atoms with Crippen LogP contribution in [-0.2, 0) is 0 Å². The lowest BCUT2D eigenvalue weighted by molar-refractivity contribution is 0.0739. The van der Waals surface area contributed by atoms with E-state index < -0.39 is 0 Å². The molecule has 2 N–H and O–H groups in total. The zero-order valence-corrected chi connectivity index (χ0v) is 16.3. The van der Waals surface area contributed by atoms with Gasteiger partial charge in [-0.3, -0.25) is 9.89 Å². The van der Waals surface area contributed by atoms with Crippen LogP contribution >= 0.6 is 24.0 Å². The molecule has 1 aliphatic rings. The van der Waals surface area contributed by atoms with Crippen molar-refractivity contribution in [3.63, 3.8) is 0 Å². The molecule has 1 rings (SSSR count). The van der Waals surface area contributed by atoms with Crippen LogP contribution in [0.1, 0.15) is 47.5 Å². The number of nitrogens with one attached hydrogen (secondary N) is 2. The molecular formula is C15H33IN4. The summed E-state index contributed by atoms with van der Waals surface area (Å²) < 4.78 is 0. The Kier molecular flexibility index (Phi) is 9.06. The summed E-state index contributed by atoms with van der Waals surface area (Å²) in [6.45, 7) is 14.6. The Hall–Kier alpha value is -0.0400. The monoisotopic (exact) mass is 396 g/mol. The number of aliphatic imine (C=N–C) groups is 1. The Morgan fingerprint density at radius 3 is 2.55 bits per heavy atom. The van der Waals surface area contributed by atoms with Crippen LogP contribution in [0.5, 0.6) is 0 Å². The summed E-state index contributed by atoms with van der Waals surface area (Å²) in [6, 6.07) is 0.407. The van der Waals surface area contributed by atoms with E-state index in [9.17, 15) is 0 Å². The van der Waals surface area contributed by atoms with Gasteiger partial charge in [-0.05, 0) is 53.0 Å². The van der Waals surface area contributed by atoms with E-state index in [0.29, 0.717) is 6.04 Å². The summed E-state index contributed by atoms with van der Waals surface area (Å²) in [6.07, 6.45) is 2.69. The molecule has 0 amide bonds. The third-order valence-corrected chi connectivity index (χ3v) is 3.85. The molecule has 1 unspecified atom stereocenters. The molecule has 0 bridgehead atoms. The van der Waals surface area contributed by atoms with Gasteiger partial charge < -0.3 is 10.6 Å². The van der Waals surface area contributed by atoms with E-state index in [0.717, 1.165) is 18.4 Å². The molecule has 5 heteroatoms. The largest absolute Gasteiger partial charge is 0.355 e. The molecule has 0 radical (unpaired) electrons. The van der Waals surface area contributed by atoms with Gasteiger partial charge in [-0.2, -0.15) is 0 Å². The molecule has 20 heavy (non-hydrogen) atoms. The molecule has 0 aliphatic carbocycles. The van der Waals surface area contributed by atoms with Crippen molar-refractivity contribution in [2.45, 2.75) is 59.0 Å². The number of nitrogens with zero attached hydrogens (tertiary/aromatic N) is 2. The lowest BCUT2D eigenvalue weighted by Gasteiger charge is -2.43. The fourth-order valence-electron chi connectivity index (χ4n) is 2.62. The van der Waals surface area contributed by atoms with Gasteiger partial charge in [0.1, 0.15) is 0 Å². The first-order valence-corrected chi connectivity index (χ1v) is 7.57. The van der Waals surface area contributed by atoms with E-state index in [-0.39, 0.29) is 29.5 Å². The predicted octanol–water partition coefficient (Wildman–Crippen LogP) is 2.69. The summed E-state index contributed by atoms with van der Waals surface area (Å²) in [5, 5.41) is 6.78. The maximum Gasteiger partial charge on any atom is 0.191 e. The van der Waals surface area contributed by atoms with Crippen LogP contribution < -0.4 is 10.6 Å². The molecule has 1 saturated heterocycles. The fourth-order valence-corrected chi connectivity index (χ4v) is 2.62. The van der Waals surface area contributed by atoms with Crippen molar-refractivity contribution < 1.29 is 0 Å². The Bertz CT molecular complexity index is 302. The minimum atomic E-state index is 0. The molecule has 120 valence electrons. The van der Waals surface area contributed by atoms with Gasteiger partial charge in [0, 0.05) is 31.7 Å². The molecule has 0 saturated carbocycles. The molecule has 0 aromatic heterocycles. The van der Waals surface area contributed by atoms with Gasteiger partial charge in [0.25, 0.3) is 0 Å². The third kappa shape index (κ3) is 6.61. The summed E-state index contributed by atoms with van der Waals surface area (Å²) >= 11 is 0. The lowest BCUT2D eigenvalue weighted by atomic mass is 9.93. The van der Waals surface area contributed by atoms with Gasteiger partial charge in [-0.15, -0.1) is 24.0 Å². The van der Waals surface area contributed by atoms with Crippen molar-refractivity contribution in [3.05, 3.63) is 0 Å². The highest BCUT2D eigenvalue weighted by molar-refractivity contribution is 14.0. The van der Waals surface area contributed by atoms with Gasteiger partial charge in [0.2, 0.25) is 0 Å². The Morgan fingerprint density at radius 1 is 1.40 bits per heavy atom. The Morgan fingerprint density at radius 2 is 2.05 bits per heavy atom. The van der Waals surface area contributed by atoms with Gasteiger partial charge >= 0.3 is 0 Å². The normalized spacial score (nSPS) is 21.6. The number of likely N-dealkylation sites (tertiary alicyclic amines) is 1. The van der Waals surface area contributed by atoms with Crippen LogP contribution in [0.3, 0.4) is 0 Å². The minimum Gasteiger partial charge on any atom is -0.355 e. The van der Waals surface area contributed by atoms with Crippen molar-refractivity contribution in [1.29, 1.82) is 0 Å². The standard InChI is InChI=1S/C15H32N4.HI/c1-12(2)18-14(16-6)17-11-15(4,5)19-9-7-8-13(3)10-19;/h12-13H,7-11H2,1-6H3,(H2,16,17,18);1H. The van der Waals surface area contributed by atoms with Gasteiger partial charge in [-0.1, -0.05) is 6.92 Å². The van der Waals surface area contributed by atoms with Crippen molar-refractivity contribution in [2.75, 3.05) is 26.7 Å². The Balaban J connectivity index is 0.00000361. The number of piperidine rings is 1. The van der Waals surface area contributed by atoms with Gasteiger partial charge in [0.05, 0.1) is 0 Å². The summed E-state index contributed by atoms with van der Waals surface area (Å²) in [5.41, 5.74) is 0.170. The second kappa shape index (κ2) is 9.07. The number of hydrogen-bond acceptors (Lipinski definition) is 2.